The molecule has 5 nitrogen and oxygen atoms in total. The van der Waals surface area contributed by atoms with Crippen LogP contribution in [0.25, 0.3) is 0 Å². The number of aliphatic hydroxyl groups excluding tert-OH is 1. The Morgan fingerprint density at radius 3 is 2.46 bits per heavy atom. The lowest BCUT2D eigenvalue weighted by Crippen LogP contribution is -2.39. The van der Waals surface area contributed by atoms with Gasteiger partial charge in [0.2, 0.25) is 0 Å². The summed E-state index contributed by atoms with van der Waals surface area (Å²) in [5, 5.41) is 14.7. The Bertz CT molecular complexity index is 718. The number of hydrogen-bond acceptors (Lipinski definition) is 3. The Labute approximate surface area is 140 Å². The number of amides is 1. The van der Waals surface area contributed by atoms with Crippen LogP contribution in [0.4, 0.5) is 4.39 Å². The molecule has 1 fully saturated rings. The number of aliphatic hydroxyl groups is 1. The van der Waals surface area contributed by atoms with Crippen molar-refractivity contribution in [2.75, 3.05) is 13.1 Å². The summed E-state index contributed by atoms with van der Waals surface area (Å²) in [5.74, 6) is -0.233. The number of benzene rings is 1. The van der Waals surface area contributed by atoms with Crippen molar-refractivity contribution in [3.05, 3.63) is 53.1 Å². The van der Waals surface area contributed by atoms with Crippen molar-refractivity contribution < 1.29 is 14.3 Å². The first-order valence-corrected chi connectivity index (χ1v) is 8.18. The molecule has 0 radical (unpaired) electrons. The van der Waals surface area contributed by atoms with Crippen molar-refractivity contribution in [1.29, 1.82) is 0 Å². The van der Waals surface area contributed by atoms with Crippen LogP contribution < -0.4 is 0 Å². The van der Waals surface area contributed by atoms with Crippen LogP contribution in [-0.2, 0) is 7.05 Å². The van der Waals surface area contributed by atoms with E-state index in [0.717, 1.165) is 24.1 Å². The molecular formula is C18H22FN3O2. The first kappa shape index (κ1) is 16.6. The molecule has 1 aliphatic heterocycles. The molecular weight excluding hydrogens is 309 g/mol. The van der Waals surface area contributed by atoms with E-state index in [0.29, 0.717) is 18.7 Å². The summed E-state index contributed by atoms with van der Waals surface area (Å²) in [7, 11) is 1.80. The molecule has 1 aliphatic rings. The van der Waals surface area contributed by atoms with Crippen LogP contribution in [0.3, 0.4) is 0 Å². The average molecular weight is 331 g/mol. The zero-order chi connectivity index (χ0) is 17.3. The Morgan fingerprint density at radius 2 is 1.92 bits per heavy atom. The van der Waals surface area contributed by atoms with Crippen molar-refractivity contribution in [3.63, 3.8) is 0 Å². The summed E-state index contributed by atoms with van der Waals surface area (Å²) in [6.07, 6.45) is 2.58. The predicted molar refractivity (Wildman–Crippen MR) is 87.9 cm³/mol. The van der Waals surface area contributed by atoms with Gasteiger partial charge in [-0.25, -0.2) is 4.39 Å². The highest BCUT2D eigenvalue weighted by Crippen LogP contribution is 2.31. The number of piperidine rings is 1. The minimum absolute atomic E-state index is 0.00433. The second-order valence-electron chi connectivity index (χ2n) is 6.43. The van der Waals surface area contributed by atoms with Gasteiger partial charge in [0.25, 0.3) is 5.91 Å². The van der Waals surface area contributed by atoms with E-state index in [1.54, 1.807) is 30.1 Å². The molecule has 2 heterocycles. The van der Waals surface area contributed by atoms with Gasteiger partial charge in [-0.05, 0) is 43.4 Å². The molecule has 0 bridgehead atoms. The minimum atomic E-state index is -0.622. The molecule has 1 saturated heterocycles. The van der Waals surface area contributed by atoms with Crippen molar-refractivity contribution >= 4 is 5.91 Å². The van der Waals surface area contributed by atoms with Gasteiger partial charge >= 0.3 is 0 Å². The molecule has 1 N–H and O–H groups in total. The topological polar surface area (TPSA) is 58.4 Å². The molecule has 1 aromatic heterocycles. The van der Waals surface area contributed by atoms with Crippen LogP contribution in [-0.4, -0.2) is 38.8 Å². The van der Waals surface area contributed by atoms with Crippen molar-refractivity contribution in [2.45, 2.75) is 25.9 Å². The number of halogens is 1. The molecule has 1 amide bonds. The second kappa shape index (κ2) is 6.73. The second-order valence-corrected chi connectivity index (χ2v) is 6.43. The van der Waals surface area contributed by atoms with Crippen molar-refractivity contribution in [1.82, 2.24) is 14.7 Å². The zero-order valence-electron chi connectivity index (χ0n) is 13.9. The number of nitrogens with zero attached hydrogens (tertiary/aromatic N) is 3. The Hall–Kier alpha value is -2.21. The third kappa shape index (κ3) is 3.33. The molecule has 1 atom stereocenters. The number of carbonyl (C=O) groups excluding carboxylic acids is 1. The highest BCUT2D eigenvalue weighted by molar-refractivity contribution is 5.95. The first-order chi connectivity index (χ1) is 11.5. The molecule has 1 aromatic carbocycles. The Morgan fingerprint density at radius 1 is 1.29 bits per heavy atom. The van der Waals surface area contributed by atoms with Gasteiger partial charge < -0.3 is 10.0 Å². The molecule has 0 saturated carbocycles. The van der Waals surface area contributed by atoms with Gasteiger partial charge in [-0.1, -0.05) is 12.1 Å². The highest BCUT2D eigenvalue weighted by Gasteiger charge is 2.29. The van der Waals surface area contributed by atoms with Gasteiger partial charge in [0.15, 0.2) is 0 Å². The number of aryl methyl sites for hydroxylation is 2. The van der Waals surface area contributed by atoms with E-state index in [4.69, 9.17) is 0 Å². The van der Waals surface area contributed by atoms with Crippen LogP contribution in [0.5, 0.6) is 0 Å². The predicted octanol–water partition coefficient (Wildman–Crippen LogP) is 2.45. The maximum atomic E-state index is 13.0. The lowest BCUT2D eigenvalue weighted by Gasteiger charge is -2.34. The SMILES string of the molecule is Cc1nn(C)cc1C(=O)N1CCC(C(O)c2ccc(F)cc2)CC1. The molecule has 6 heteroatoms. The third-order valence-electron chi connectivity index (χ3n) is 4.73. The maximum Gasteiger partial charge on any atom is 0.257 e. The van der Waals surface area contributed by atoms with Gasteiger partial charge in [-0.15, -0.1) is 0 Å². The number of rotatable bonds is 3. The minimum Gasteiger partial charge on any atom is -0.388 e. The lowest BCUT2D eigenvalue weighted by atomic mass is 9.87. The quantitative estimate of drug-likeness (QED) is 0.940. The Balaban J connectivity index is 1.62. The van der Waals surface area contributed by atoms with Gasteiger partial charge in [0.1, 0.15) is 5.82 Å². The van der Waals surface area contributed by atoms with Gasteiger partial charge in [-0.3, -0.25) is 9.48 Å². The smallest absolute Gasteiger partial charge is 0.257 e. The zero-order valence-corrected chi connectivity index (χ0v) is 13.9. The summed E-state index contributed by atoms with van der Waals surface area (Å²) in [6, 6.07) is 5.97. The monoisotopic (exact) mass is 331 g/mol. The third-order valence-corrected chi connectivity index (χ3v) is 4.73. The number of aromatic nitrogens is 2. The standard InChI is InChI=1S/C18H22FN3O2/c1-12-16(11-21(2)20-12)18(24)22-9-7-14(8-10-22)17(23)13-3-5-15(19)6-4-13/h3-6,11,14,17,23H,7-10H2,1-2H3. The number of likely N-dealkylation sites (tertiary alicyclic amines) is 1. The van der Waals surface area contributed by atoms with Crippen LogP contribution >= 0.6 is 0 Å². The van der Waals surface area contributed by atoms with Crippen LogP contribution in [0.1, 0.15) is 40.6 Å². The van der Waals surface area contributed by atoms with Crippen LogP contribution in [0, 0.1) is 18.7 Å². The highest BCUT2D eigenvalue weighted by atomic mass is 19.1. The van der Waals surface area contributed by atoms with E-state index >= 15 is 0 Å². The largest absolute Gasteiger partial charge is 0.388 e. The van der Waals surface area contributed by atoms with E-state index in [1.165, 1.54) is 12.1 Å². The van der Waals surface area contributed by atoms with Gasteiger partial charge in [0.05, 0.1) is 17.4 Å². The van der Waals surface area contributed by atoms with E-state index in [9.17, 15) is 14.3 Å². The fourth-order valence-corrected chi connectivity index (χ4v) is 3.33. The summed E-state index contributed by atoms with van der Waals surface area (Å²) in [5.41, 5.74) is 2.09. The van der Waals surface area contributed by atoms with E-state index < -0.39 is 6.10 Å². The molecule has 0 aliphatic carbocycles. The van der Waals surface area contributed by atoms with E-state index in [-0.39, 0.29) is 17.6 Å². The molecule has 3 rings (SSSR count). The molecule has 1 unspecified atom stereocenters. The van der Waals surface area contributed by atoms with E-state index in [2.05, 4.69) is 5.10 Å². The summed E-state index contributed by atoms with van der Waals surface area (Å²) < 4.78 is 14.6. The number of hydrogen-bond donors (Lipinski definition) is 1. The summed E-state index contributed by atoms with van der Waals surface area (Å²) in [6.45, 7) is 3.05. The molecule has 128 valence electrons. The fraction of sp³-hybridized carbons (Fsp3) is 0.444. The average Bonchev–Trinajstić information content (AvgIpc) is 2.93. The molecule has 24 heavy (non-hydrogen) atoms. The number of carbonyl (C=O) groups is 1. The van der Waals surface area contributed by atoms with Crippen LogP contribution in [0.2, 0.25) is 0 Å². The fourth-order valence-electron chi connectivity index (χ4n) is 3.33. The summed E-state index contributed by atoms with van der Waals surface area (Å²) in [4.78, 5) is 14.4. The van der Waals surface area contributed by atoms with Gasteiger partial charge in [0, 0.05) is 26.3 Å². The van der Waals surface area contributed by atoms with Crippen molar-refractivity contribution in [3.8, 4) is 0 Å². The molecule has 0 spiro atoms. The summed E-state index contributed by atoms with van der Waals surface area (Å²) >= 11 is 0. The van der Waals surface area contributed by atoms with Crippen LogP contribution in [0.15, 0.2) is 30.5 Å². The molecule has 2 aromatic rings. The normalized spacial score (nSPS) is 17.1. The van der Waals surface area contributed by atoms with Gasteiger partial charge in [-0.2, -0.15) is 5.10 Å². The maximum absolute atomic E-state index is 13.0. The Kier molecular flexibility index (Phi) is 4.66. The van der Waals surface area contributed by atoms with Crippen molar-refractivity contribution in [2.24, 2.45) is 13.0 Å². The lowest BCUT2D eigenvalue weighted by molar-refractivity contribution is 0.0461. The van der Waals surface area contributed by atoms with E-state index in [1.807, 2.05) is 11.8 Å². The first-order valence-electron chi connectivity index (χ1n) is 8.18.